The topological polar surface area (TPSA) is 50.7 Å². The van der Waals surface area contributed by atoms with Crippen LogP contribution < -0.4 is 5.32 Å². The Morgan fingerprint density at radius 2 is 1.77 bits per heavy atom. The molecule has 0 bridgehead atoms. The molecule has 0 radical (unpaired) electrons. The smallest absolute Gasteiger partial charge is 0.268 e. The van der Waals surface area contributed by atoms with Gasteiger partial charge < -0.3 is 10.1 Å². The van der Waals surface area contributed by atoms with E-state index in [1.54, 1.807) is 19.2 Å². The molecule has 0 unspecified atom stereocenters. The van der Waals surface area contributed by atoms with Crippen LogP contribution in [0.1, 0.15) is 23.5 Å². The van der Waals surface area contributed by atoms with Gasteiger partial charge in [-0.25, -0.2) is 4.99 Å². The summed E-state index contributed by atoms with van der Waals surface area (Å²) in [6.07, 6.45) is -0.975. The Morgan fingerprint density at radius 1 is 1.09 bits per heavy atom. The summed E-state index contributed by atoms with van der Waals surface area (Å²) < 4.78 is 6.00. The number of hydrogen-bond acceptors (Lipinski definition) is 3. The summed E-state index contributed by atoms with van der Waals surface area (Å²) in [5.41, 5.74) is 2.14. The van der Waals surface area contributed by atoms with E-state index in [0.717, 1.165) is 11.1 Å². The highest BCUT2D eigenvalue weighted by atomic mass is 35.5. The lowest BCUT2D eigenvalue weighted by molar-refractivity contribution is -0.114. The summed E-state index contributed by atoms with van der Waals surface area (Å²) in [6, 6.07) is 16.9. The molecule has 0 fully saturated rings. The molecule has 112 valence electrons. The maximum atomic E-state index is 12.1. The van der Waals surface area contributed by atoms with Crippen LogP contribution in [0.3, 0.4) is 0 Å². The molecule has 0 saturated carbocycles. The molecule has 0 spiro atoms. The Hall–Kier alpha value is -2.17. The number of nitrogens with one attached hydrogen (secondary N) is 1. The van der Waals surface area contributed by atoms with E-state index in [-0.39, 0.29) is 5.91 Å². The van der Waals surface area contributed by atoms with Crippen LogP contribution in [0.2, 0.25) is 5.02 Å². The minimum Gasteiger partial charge on any atom is -0.354 e. The zero-order chi connectivity index (χ0) is 15.5. The van der Waals surface area contributed by atoms with Crippen molar-refractivity contribution in [2.24, 2.45) is 4.99 Å². The molecule has 1 aliphatic heterocycles. The van der Waals surface area contributed by atoms with Gasteiger partial charge in [-0.2, -0.15) is 0 Å². The van der Waals surface area contributed by atoms with Crippen LogP contribution in [0.25, 0.3) is 0 Å². The summed E-state index contributed by atoms with van der Waals surface area (Å²) in [5.74, 6) is -0.238. The van der Waals surface area contributed by atoms with Crippen LogP contribution in [0.5, 0.6) is 0 Å². The van der Waals surface area contributed by atoms with Crippen molar-refractivity contribution < 1.29 is 9.53 Å². The van der Waals surface area contributed by atoms with Gasteiger partial charge in [0.2, 0.25) is 0 Å². The van der Waals surface area contributed by atoms with Crippen molar-refractivity contribution in [1.29, 1.82) is 0 Å². The number of aliphatic imine (C=N–C) groups is 1. The second-order valence-electron chi connectivity index (χ2n) is 4.92. The van der Waals surface area contributed by atoms with Gasteiger partial charge in [-0.1, -0.05) is 54.1 Å². The minimum atomic E-state index is -0.498. The standard InChI is InChI=1S/C17H15ClN2O2/c1-19-16(21)14-15(11-7-9-13(18)10-8-11)22-17(20-14)12-5-3-2-4-6-12/h2-10,15,17H,1H3,(H,19,21)/t15-,17+/m1/s1. The van der Waals surface area contributed by atoms with Gasteiger partial charge in [0.05, 0.1) is 0 Å². The fraction of sp³-hybridized carbons (Fsp3) is 0.176. The Labute approximate surface area is 133 Å². The average Bonchev–Trinajstić information content (AvgIpc) is 3.01. The average molecular weight is 315 g/mol. The monoisotopic (exact) mass is 314 g/mol. The Kier molecular flexibility index (Phi) is 4.22. The number of hydrogen-bond donors (Lipinski definition) is 1. The molecule has 4 nitrogen and oxygen atoms in total. The van der Waals surface area contributed by atoms with E-state index < -0.39 is 12.3 Å². The summed E-state index contributed by atoms with van der Waals surface area (Å²) in [6.45, 7) is 0. The first kappa shape index (κ1) is 14.8. The van der Waals surface area contributed by atoms with E-state index >= 15 is 0 Å². The zero-order valence-electron chi connectivity index (χ0n) is 12.0. The molecule has 2 aromatic rings. The number of carbonyl (C=O) groups is 1. The van der Waals surface area contributed by atoms with Gasteiger partial charge >= 0.3 is 0 Å². The van der Waals surface area contributed by atoms with Gasteiger partial charge in [-0.15, -0.1) is 0 Å². The fourth-order valence-corrected chi connectivity index (χ4v) is 2.49. The molecule has 3 rings (SSSR count). The largest absolute Gasteiger partial charge is 0.354 e. The summed E-state index contributed by atoms with van der Waals surface area (Å²) >= 11 is 5.92. The van der Waals surface area contributed by atoms with Crippen LogP contribution >= 0.6 is 11.6 Å². The highest BCUT2D eigenvalue weighted by molar-refractivity contribution is 6.41. The Balaban J connectivity index is 1.95. The second kappa shape index (κ2) is 6.30. The third kappa shape index (κ3) is 2.89. The van der Waals surface area contributed by atoms with E-state index in [2.05, 4.69) is 10.3 Å². The third-order valence-corrected chi connectivity index (χ3v) is 3.74. The van der Waals surface area contributed by atoms with Crippen molar-refractivity contribution in [3.05, 3.63) is 70.7 Å². The first-order valence-electron chi connectivity index (χ1n) is 6.94. The quantitative estimate of drug-likeness (QED) is 0.945. The molecule has 22 heavy (non-hydrogen) atoms. The fourth-order valence-electron chi connectivity index (χ4n) is 2.37. The second-order valence-corrected chi connectivity index (χ2v) is 5.36. The van der Waals surface area contributed by atoms with Gasteiger partial charge in [-0.3, -0.25) is 4.79 Å². The number of ether oxygens (including phenoxy) is 1. The minimum absolute atomic E-state index is 0.238. The van der Waals surface area contributed by atoms with Crippen molar-refractivity contribution in [1.82, 2.24) is 5.32 Å². The lowest BCUT2D eigenvalue weighted by Gasteiger charge is -2.15. The summed E-state index contributed by atoms with van der Waals surface area (Å²) in [7, 11) is 1.58. The van der Waals surface area contributed by atoms with E-state index in [0.29, 0.717) is 10.7 Å². The Morgan fingerprint density at radius 3 is 2.41 bits per heavy atom. The highest BCUT2D eigenvalue weighted by Crippen LogP contribution is 2.35. The lowest BCUT2D eigenvalue weighted by Crippen LogP contribution is -2.30. The normalized spacial score (nSPS) is 20.5. The molecule has 1 N–H and O–H groups in total. The van der Waals surface area contributed by atoms with E-state index in [1.807, 2.05) is 42.5 Å². The van der Waals surface area contributed by atoms with Crippen LogP contribution in [0.4, 0.5) is 0 Å². The van der Waals surface area contributed by atoms with Crippen molar-refractivity contribution in [2.75, 3.05) is 7.05 Å². The number of amides is 1. The maximum Gasteiger partial charge on any atom is 0.268 e. The van der Waals surface area contributed by atoms with Gasteiger partial charge in [0.25, 0.3) is 5.91 Å². The lowest BCUT2D eigenvalue weighted by atomic mass is 10.0. The molecule has 5 heteroatoms. The molecule has 2 aromatic carbocycles. The van der Waals surface area contributed by atoms with Gasteiger partial charge in [0.1, 0.15) is 11.8 Å². The van der Waals surface area contributed by atoms with Crippen LogP contribution in [-0.4, -0.2) is 18.7 Å². The predicted octanol–water partition coefficient (Wildman–Crippen LogP) is 3.30. The molecule has 0 saturated heterocycles. The Bertz CT molecular complexity index is 698. The van der Waals surface area contributed by atoms with E-state index in [9.17, 15) is 4.79 Å². The molecule has 0 aromatic heterocycles. The number of benzene rings is 2. The molecular weight excluding hydrogens is 300 g/mol. The molecule has 0 aliphatic carbocycles. The highest BCUT2D eigenvalue weighted by Gasteiger charge is 2.34. The molecule has 1 aliphatic rings. The van der Waals surface area contributed by atoms with Crippen LogP contribution in [0, 0.1) is 0 Å². The first-order chi connectivity index (χ1) is 10.7. The van der Waals surface area contributed by atoms with Crippen molar-refractivity contribution in [3.63, 3.8) is 0 Å². The molecule has 2 atom stereocenters. The summed E-state index contributed by atoms with van der Waals surface area (Å²) in [4.78, 5) is 16.6. The van der Waals surface area contributed by atoms with Crippen LogP contribution in [-0.2, 0) is 9.53 Å². The van der Waals surface area contributed by atoms with Gasteiger partial charge in [0, 0.05) is 17.6 Å². The van der Waals surface area contributed by atoms with Crippen molar-refractivity contribution in [3.8, 4) is 0 Å². The van der Waals surface area contributed by atoms with Crippen molar-refractivity contribution in [2.45, 2.75) is 12.3 Å². The predicted molar refractivity (Wildman–Crippen MR) is 86.0 cm³/mol. The van der Waals surface area contributed by atoms with E-state index in [1.165, 1.54) is 0 Å². The SMILES string of the molecule is CNC(=O)C1=N[C@H](c2ccccc2)O[C@@H]1c1ccc(Cl)cc1. The summed E-state index contributed by atoms with van der Waals surface area (Å²) in [5, 5.41) is 3.25. The first-order valence-corrected chi connectivity index (χ1v) is 7.32. The molecule has 1 amide bonds. The molecular formula is C17H15ClN2O2. The number of halogens is 1. The van der Waals surface area contributed by atoms with Gasteiger partial charge in [0.15, 0.2) is 6.23 Å². The van der Waals surface area contributed by atoms with Crippen molar-refractivity contribution >= 4 is 23.2 Å². The number of nitrogens with zero attached hydrogens (tertiary/aromatic N) is 1. The van der Waals surface area contributed by atoms with Crippen LogP contribution in [0.15, 0.2) is 59.6 Å². The van der Waals surface area contributed by atoms with E-state index in [4.69, 9.17) is 16.3 Å². The van der Waals surface area contributed by atoms with Gasteiger partial charge in [-0.05, 0) is 17.7 Å². The zero-order valence-corrected chi connectivity index (χ0v) is 12.7. The number of rotatable bonds is 3. The maximum absolute atomic E-state index is 12.1. The third-order valence-electron chi connectivity index (χ3n) is 3.49. The molecule has 1 heterocycles. The number of carbonyl (C=O) groups excluding carboxylic acids is 1.